The highest BCUT2D eigenvalue weighted by molar-refractivity contribution is 5.83. The first-order valence-electron chi connectivity index (χ1n) is 7.04. The van der Waals surface area contributed by atoms with Gasteiger partial charge in [-0.15, -0.1) is 0 Å². The maximum Gasteiger partial charge on any atom is 0.242 e. The van der Waals surface area contributed by atoms with E-state index in [1.54, 1.807) is 6.33 Å². The van der Waals surface area contributed by atoms with E-state index in [4.69, 9.17) is 0 Å². The fraction of sp³-hybridized carbons (Fsp3) is 0.467. The lowest BCUT2D eigenvalue weighted by Crippen LogP contribution is -2.37. The van der Waals surface area contributed by atoms with Gasteiger partial charge in [0.1, 0.15) is 6.04 Å². The van der Waals surface area contributed by atoms with Gasteiger partial charge in [0, 0.05) is 6.54 Å². The van der Waals surface area contributed by atoms with Crippen molar-refractivity contribution in [3.8, 4) is 0 Å². The summed E-state index contributed by atoms with van der Waals surface area (Å²) >= 11 is 0. The maximum absolute atomic E-state index is 12.2. The molecule has 1 saturated carbocycles. The average molecular weight is 273 g/mol. The number of rotatable bonds is 5. The first kappa shape index (κ1) is 13.1. The number of imidazole rings is 1. The van der Waals surface area contributed by atoms with E-state index in [0.717, 1.165) is 23.9 Å². The van der Waals surface area contributed by atoms with Crippen LogP contribution in [-0.4, -0.2) is 33.2 Å². The number of para-hydroxylation sites is 2. The van der Waals surface area contributed by atoms with E-state index in [1.807, 2.05) is 35.8 Å². The van der Waals surface area contributed by atoms with Crippen LogP contribution in [0.2, 0.25) is 0 Å². The number of nitrogens with one attached hydrogen (secondary N) is 1. The molecule has 20 heavy (non-hydrogen) atoms. The molecule has 5 nitrogen and oxygen atoms in total. The minimum Gasteiger partial charge on any atom is -0.391 e. The van der Waals surface area contributed by atoms with Gasteiger partial charge in [-0.2, -0.15) is 0 Å². The number of carbonyl (C=O) groups excluding carboxylic acids is 1. The number of aliphatic hydroxyl groups is 1. The smallest absolute Gasteiger partial charge is 0.242 e. The highest BCUT2D eigenvalue weighted by Gasteiger charge is 2.30. The number of nitrogens with zero attached hydrogens (tertiary/aromatic N) is 2. The second-order valence-electron chi connectivity index (χ2n) is 5.47. The van der Waals surface area contributed by atoms with Gasteiger partial charge in [0.2, 0.25) is 5.91 Å². The van der Waals surface area contributed by atoms with E-state index in [2.05, 4.69) is 10.3 Å². The van der Waals surface area contributed by atoms with Crippen molar-refractivity contribution >= 4 is 16.9 Å². The number of hydrogen-bond acceptors (Lipinski definition) is 3. The third-order valence-electron chi connectivity index (χ3n) is 3.93. The highest BCUT2D eigenvalue weighted by Crippen LogP contribution is 2.32. The molecule has 0 aliphatic heterocycles. The van der Waals surface area contributed by atoms with E-state index in [9.17, 15) is 9.90 Å². The van der Waals surface area contributed by atoms with Crippen molar-refractivity contribution in [2.24, 2.45) is 5.92 Å². The largest absolute Gasteiger partial charge is 0.391 e. The van der Waals surface area contributed by atoms with Gasteiger partial charge in [0.15, 0.2) is 0 Å². The number of carbonyl (C=O) groups is 1. The fourth-order valence-electron chi connectivity index (χ4n) is 2.41. The lowest BCUT2D eigenvalue weighted by Gasteiger charge is -2.16. The van der Waals surface area contributed by atoms with Crippen LogP contribution in [0.5, 0.6) is 0 Å². The Labute approximate surface area is 117 Å². The van der Waals surface area contributed by atoms with E-state index in [0.29, 0.717) is 12.5 Å². The van der Waals surface area contributed by atoms with Crippen LogP contribution in [0.25, 0.3) is 11.0 Å². The maximum atomic E-state index is 12.2. The molecule has 1 aliphatic carbocycles. The molecule has 106 valence electrons. The zero-order valence-electron chi connectivity index (χ0n) is 11.5. The van der Waals surface area contributed by atoms with E-state index in [-0.39, 0.29) is 11.9 Å². The van der Waals surface area contributed by atoms with Crippen molar-refractivity contribution in [3.63, 3.8) is 0 Å². The Morgan fingerprint density at radius 1 is 1.50 bits per heavy atom. The van der Waals surface area contributed by atoms with Crippen molar-refractivity contribution < 1.29 is 9.90 Å². The van der Waals surface area contributed by atoms with Crippen molar-refractivity contribution in [2.75, 3.05) is 6.54 Å². The standard InChI is InChI=1S/C15H19N3O2/c1-10(15(20)16-8-14(19)11-6-7-11)18-9-17-12-4-2-3-5-13(12)18/h2-5,9-11,14,19H,6-8H2,1H3,(H,16,20). The molecule has 0 bridgehead atoms. The Morgan fingerprint density at radius 2 is 2.25 bits per heavy atom. The third kappa shape index (κ3) is 2.54. The van der Waals surface area contributed by atoms with Crippen LogP contribution in [0.4, 0.5) is 0 Å². The molecule has 5 heteroatoms. The fourth-order valence-corrected chi connectivity index (χ4v) is 2.41. The van der Waals surface area contributed by atoms with E-state index >= 15 is 0 Å². The summed E-state index contributed by atoms with van der Waals surface area (Å²) in [6.07, 6.45) is 3.41. The molecule has 0 saturated heterocycles. The normalized spacial score (nSPS) is 17.9. The summed E-state index contributed by atoms with van der Waals surface area (Å²) in [5, 5.41) is 12.6. The Hall–Kier alpha value is -1.88. The lowest BCUT2D eigenvalue weighted by molar-refractivity contribution is -0.124. The second-order valence-corrected chi connectivity index (χ2v) is 5.47. The molecule has 2 atom stereocenters. The van der Waals surface area contributed by atoms with Crippen LogP contribution in [0.3, 0.4) is 0 Å². The van der Waals surface area contributed by atoms with E-state index < -0.39 is 6.10 Å². The van der Waals surface area contributed by atoms with E-state index in [1.165, 1.54) is 0 Å². The zero-order valence-corrected chi connectivity index (χ0v) is 11.5. The topological polar surface area (TPSA) is 67.2 Å². The summed E-state index contributed by atoms with van der Waals surface area (Å²) in [7, 11) is 0. The van der Waals surface area contributed by atoms with Gasteiger partial charge in [0.05, 0.1) is 23.5 Å². The average Bonchev–Trinajstić information content (AvgIpc) is 3.23. The molecule has 2 N–H and O–H groups in total. The molecule has 2 aromatic rings. The first-order chi connectivity index (χ1) is 9.66. The molecule has 3 rings (SSSR count). The molecular weight excluding hydrogens is 254 g/mol. The van der Waals surface area contributed by atoms with Crippen molar-refractivity contribution in [2.45, 2.75) is 31.9 Å². The number of hydrogen-bond donors (Lipinski definition) is 2. The molecule has 1 aromatic heterocycles. The quantitative estimate of drug-likeness (QED) is 0.867. The summed E-state index contributed by atoms with van der Waals surface area (Å²) in [5.74, 6) is 0.285. The highest BCUT2D eigenvalue weighted by atomic mass is 16.3. The van der Waals surface area contributed by atoms with Gasteiger partial charge in [-0.05, 0) is 37.8 Å². The van der Waals surface area contributed by atoms with Crippen LogP contribution in [0.1, 0.15) is 25.8 Å². The van der Waals surface area contributed by atoms with Crippen LogP contribution >= 0.6 is 0 Å². The molecule has 0 spiro atoms. The predicted octanol–water partition coefficient (Wildman–Crippen LogP) is 1.48. The third-order valence-corrected chi connectivity index (χ3v) is 3.93. The van der Waals surface area contributed by atoms with Gasteiger partial charge in [-0.1, -0.05) is 12.1 Å². The number of aliphatic hydroxyl groups excluding tert-OH is 1. The second kappa shape index (κ2) is 5.25. The van der Waals surface area contributed by atoms with Crippen LogP contribution in [-0.2, 0) is 4.79 Å². The summed E-state index contributed by atoms with van der Waals surface area (Å²) in [4.78, 5) is 16.5. The zero-order chi connectivity index (χ0) is 14.1. The van der Waals surface area contributed by atoms with Gasteiger partial charge in [0.25, 0.3) is 0 Å². The molecule has 1 heterocycles. The molecule has 0 radical (unpaired) electrons. The molecular formula is C15H19N3O2. The summed E-state index contributed by atoms with van der Waals surface area (Å²) in [6.45, 7) is 2.17. The number of amides is 1. The summed E-state index contributed by atoms with van der Waals surface area (Å²) in [6, 6.07) is 7.39. The number of fused-ring (bicyclic) bond motifs is 1. The molecule has 1 fully saturated rings. The Kier molecular flexibility index (Phi) is 3.44. The monoisotopic (exact) mass is 273 g/mol. The minimum atomic E-state index is -0.411. The summed E-state index contributed by atoms with van der Waals surface area (Å²) < 4.78 is 1.86. The van der Waals surface area contributed by atoms with Gasteiger partial charge >= 0.3 is 0 Å². The Balaban J connectivity index is 1.68. The Bertz CT molecular complexity index is 618. The van der Waals surface area contributed by atoms with Crippen molar-refractivity contribution in [1.82, 2.24) is 14.9 Å². The van der Waals surface area contributed by atoms with Crippen molar-refractivity contribution in [1.29, 1.82) is 0 Å². The molecule has 2 unspecified atom stereocenters. The van der Waals surface area contributed by atoms with Gasteiger partial charge in [-0.25, -0.2) is 4.98 Å². The minimum absolute atomic E-state index is 0.0900. The SMILES string of the molecule is CC(C(=O)NCC(O)C1CC1)n1cnc2ccccc21. The van der Waals surface area contributed by atoms with Gasteiger partial charge < -0.3 is 15.0 Å². The van der Waals surface area contributed by atoms with Crippen LogP contribution in [0.15, 0.2) is 30.6 Å². The number of benzene rings is 1. The van der Waals surface area contributed by atoms with Crippen LogP contribution in [0, 0.1) is 5.92 Å². The van der Waals surface area contributed by atoms with Gasteiger partial charge in [-0.3, -0.25) is 4.79 Å². The Morgan fingerprint density at radius 3 is 3.00 bits per heavy atom. The first-order valence-corrected chi connectivity index (χ1v) is 7.04. The molecule has 1 amide bonds. The predicted molar refractivity (Wildman–Crippen MR) is 76.2 cm³/mol. The van der Waals surface area contributed by atoms with Crippen molar-refractivity contribution in [3.05, 3.63) is 30.6 Å². The molecule has 1 aromatic carbocycles. The molecule has 1 aliphatic rings. The lowest BCUT2D eigenvalue weighted by atomic mass is 10.2. The van der Waals surface area contributed by atoms with Crippen LogP contribution < -0.4 is 5.32 Å². The number of aromatic nitrogens is 2. The summed E-state index contributed by atoms with van der Waals surface area (Å²) in [5.41, 5.74) is 1.82.